The smallest absolute Gasteiger partial charge is 0.341 e. The van der Waals surface area contributed by atoms with E-state index in [2.05, 4.69) is 10.9 Å². The molecule has 2 atom stereocenters. The summed E-state index contributed by atoms with van der Waals surface area (Å²) in [5, 5.41) is 0. The first kappa shape index (κ1) is 19.1. The molecule has 7 nitrogen and oxygen atoms in total. The molecule has 0 radical (unpaired) electrons. The Labute approximate surface area is 156 Å². The van der Waals surface area contributed by atoms with Crippen molar-refractivity contribution < 1.29 is 23.1 Å². The van der Waals surface area contributed by atoms with E-state index < -0.39 is 5.97 Å². The second-order valence-electron chi connectivity index (χ2n) is 6.53. The standard InChI is InChI=1S/C19H22FN3O4/c1-11-15(19(25)26-3)8-14(27-11)10-23(2)18(24)16-9-21-22-17(16)12-4-6-13(20)7-5-12/h4-8,16-17,21-22H,9-10H2,1-3H3. The zero-order valence-corrected chi connectivity index (χ0v) is 15.4. The first-order valence-electron chi connectivity index (χ1n) is 8.57. The van der Waals surface area contributed by atoms with Gasteiger partial charge in [0.25, 0.3) is 0 Å². The largest absolute Gasteiger partial charge is 0.465 e. The lowest BCUT2D eigenvalue weighted by Crippen LogP contribution is -2.36. The molecule has 144 valence electrons. The summed E-state index contributed by atoms with van der Waals surface area (Å²) in [5.41, 5.74) is 7.25. The summed E-state index contributed by atoms with van der Waals surface area (Å²) in [5.74, 6) is -0.282. The SMILES string of the molecule is COC(=O)c1cc(CN(C)C(=O)C2CNNC2c2ccc(F)cc2)oc1C. The lowest BCUT2D eigenvalue weighted by molar-refractivity contribution is -0.134. The van der Waals surface area contributed by atoms with Crippen molar-refractivity contribution in [2.45, 2.75) is 19.5 Å². The first-order chi connectivity index (χ1) is 12.9. The van der Waals surface area contributed by atoms with Crippen molar-refractivity contribution in [3.63, 3.8) is 0 Å². The van der Waals surface area contributed by atoms with E-state index in [9.17, 15) is 14.0 Å². The predicted molar refractivity (Wildman–Crippen MR) is 95.0 cm³/mol. The molecule has 2 heterocycles. The lowest BCUT2D eigenvalue weighted by Gasteiger charge is -2.24. The number of ether oxygens (including phenoxy) is 1. The van der Waals surface area contributed by atoms with Gasteiger partial charge in [-0.3, -0.25) is 10.2 Å². The first-order valence-corrected chi connectivity index (χ1v) is 8.57. The molecule has 8 heteroatoms. The number of furan rings is 1. The summed E-state index contributed by atoms with van der Waals surface area (Å²) in [6.45, 7) is 2.35. The molecule has 27 heavy (non-hydrogen) atoms. The quantitative estimate of drug-likeness (QED) is 0.777. The van der Waals surface area contributed by atoms with Crippen LogP contribution < -0.4 is 10.9 Å². The number of amides is 1. The van der Waals surface area contributed by atoms with Crippen LogP contribution in [0.4, 0.5) is 4.39 Å². The number of benzene rings is 1. The third-order valence-corrected chi connectivity index (χ3v) is 4.67. The summed E-state index contributed by atoms with van der Waals surface area (Å²) >= 11 is 0. The Balaban J connectivity index is 1.71. The van der Waals surface area contributed by atoms with Crippen molar-refractivity contribution in [2.24, 2.45) is 5.92 Å². The van der Waals surface area contributed by atoms with E-state index in [1.54, 1.807) is 37.1 Å². The second kappa shape index (κ2) is 7.89. The summed E-state index contributed by atoms with van der Waals surface area (Å²) in [6, 6.07) is 7.41. The van der Waals surface area contributed by atoms with Gasteiger partial charge in [0.15, 0.2) is 0 Å². The molecule has 1 aromatic carbocycles. The maximum absolute atomic E-state index is 13.2. The number of carbonyl (C=O) groups is 2. The molecule has 1 saturated heterocycles. The summed E-state index contributed by atoms with van der Waals surface area (Å²) in [6.07, 6.45) is 0. The van der Waals surface area contributed by atoms with Gasteiger partial charge >= 0.3 is 5.97 Å². The highest BCUT2D eigenvalue weighted by Gasteiger charge is 2.35. The average molecular weight is 375 g/mol. The van der Waals surface area contributed by atoms with Crippen LogP contribution in [0.2, 0.25) is 0 Å². The summed E-state index contributed by atoms with van der Waals surface area (Å²) in [7, 11) is 2.98. The van der Waals surface area contributed by atoms with Crippen LogP contribution in [0, 0.1) is 18.7 Å². The van der Waals surface area contributed by atoms with Crippen LogP contribution in [0.15, 0.2) is 34.7 Å². The lowest BCUT2D eigenvalue weighted by atomic mass is 9.93. The number of rotatable bonds is 5. The van der Waals surface area contributed by atoms with E-state index in [1.165, 1.54) is 19.2 Å². The van der Waals surface area contributed by atoms with Crippen molar-refractivity contribution in [2.75, 3.05) is 20.7 Å². The van der Waals surface area contributed by atoms with Crippen molar-refractivity contribution in [3.05, 3.63) is 58.8 Å². The fourth-order valence-corrected chi connectivity index (χ4v) is 3.24. The number of carbonyl (C=O) groups excluding carboxylic acids is 2. The van der Waals surface area contributed by atoms with E-state index in [-0.39, 0.29) is 30.2 Å². The van der Waals surface area contributed by atoms with Crippen LogP contribution >= 0.6 is 0 Å². The molecular weight excluding hydrogens is 353 g/mol. The van der Waals surface area contributed by atoms with Gasteiger partial charge in [-0.05, 0) is 30.7 Å². The van der Waals surface area contributed by atoms with Crippen LogP contribution in [-0.4, -0.2) is 37.5 Å². The highest BCUT2D eigenvalue weighted by molar-refractivity contribution is 5.90. The fraction of sp³-hybridized carbons (Fsp3) is 0.368. The summed E-state index contributed by atoms with van der Waals surface area (Å²) in [4.78, 5) is 26.2. The van der Waals surface area contributed by atoms with Crippen molar-refractivity contribution in [1.29, 1.82) is 0 Å². The summed E-state index contributed by atoms with van der Waals surface area (Å²) < 4.78 is 23.5. The zero-order valence-electron chi connectivity index (χ0n) is 15.4. The third kappa shape index (κ3) is 4.01. The van der Waals surface area contributed by atoms with Crippen LogP contribution in [-0.2, 0) is 16.1 Å². The Morgan fingerprint density at radius 1 is 1.33 bits per heavy atom. The molecular formula is C19H22FN3O4. The number of halogens is 1. The van der Waals surface area contributed by atoms with Gasteiger partial charge in [0.1, 0.15) is 22.9 Å². The minimum Gasteiger partial charge on any atom is -0.465 e. The molecule has 1 fully saturated rings. The van der Waals surface area contributed by atoms with Gasteiger partial charge in [0.2, 0.25) is 5.91 Å². The topological polar surface area (TPSA) is 83.8 Å². The van der Waals surface area contributed by atoms with E-state index in [1.807, 2.05) is 0 Å². The number of aryl methyl sites for hydroxylation is 1. The van der Waals surface area contributed by atoms with Gasteiger partial charge in [-0.25, -0.2) is 14.6 Å². The van der Waals surface area contributed by atoms with Crippen LogP contribution in [0.1, 0.15) is 33.5 Å². The predicted octanol–water partition coefficient (Wildman–Crippen LogP) is 1.94. The molecule has 0 aliphatic carbocycles. The number of hydrazine groups is 1. The van der Waals surface area contributed by atoms with Gasteiger partial charge in [-0.2, -0.15) is 0 Å². The second-order valence-corrected chi connectivity index (χ2v) is 6.53. The molecule has 1 aromatic heterocycles. The number of nitrogens with zero attached hydrogens (tertiary/aromatic N) is 1. The van der Waals surface area contributed by atoms with E-state index >= 15 is 0 Å². The van der Waals surface area contributed by atoms with Gasteiger partial charge in [-0.1, -0.05) is 12.1 Å². The van der Waals surface area contributed by atoms with Crippen molar-refractivity contribution in [1.82, 2.24) is 15.8 Å². The monoisotopic (exact) mass is 375 g/mol. The minimum absolute atomic E-state index is 0.0875. The number of methoxy groups -OCH3 is 1. The van der Waals surface area contributed by atoms with E-state index in [0.717, 1.165) is 5.56 Å². The van der Waals surface area contributed by atoms with Crippen molar-refractivity contribution in [3.8, 4) is 0 Å². The highest BCUT2D eigenvalue weighted by Crippen LogP contribution is 2.27. The maximum atomic E-state index is 13.2. The van der Waals surface area contributed by atoms with Gasteiger partial charge < -0.3 is 14.1 Å². The van der Waals surface area contributed by atoms with Crippen molar-refractivity contribution >= 4 is 11.9 Å². The maximum Gasteiger partial charge on any atom is 0.341 e. The fourth-order valence-electron chi connectivity index (χ4n) is 3.24. The molecule has 2 unspecified atom stereocenters. The number of hydrogen-bond donors (Lipinski definition) is 2. The van der Waals surface area contributed by atoms with E-state index in [0.29, 0.717) is 23.6 Å². The normalized spacial score (nSPS) is 19.1. The number of nitrogens with one attached hydrogen (secondary N) is 2. The molecule has 2 aromatic rings. The van der Waals surface area contributed by atoms with Gasteiger partial charge in [0.05, 0.1) is 25.6 Å². The zero-order chi connectivity index (χ0) is 19.6. The Kier molecular flexibility index (Phi) is 5.57. The molecule has 0 spiro atoms. The van der Waals surface area contributed by atoms with Gasteiger partial charge in [0, 0.05) is 13.6 Å². The third-order valence-electron chi connectivity index (χ3n) is 4.67. The van der Waals surface area contributed by atoms with Crippen LogP contribution in [0.3, 0.4) is 0 Å². The highest BCUT2D eigenvalue weighted by atomic mass is 19.1. The average Bonchev–Trinajstić information content (AvgIpc) is 3.28. The van der Waals surface area contributed by atoms with Crippen LogP contribution in [0.5, 0.6) is 0 Å². The van der Waals surface area contributed by atoms with E-state index in [4.69, 9.17) is 9.15 Å². The minimum atomic E-state index is -0.475. The number of hydrogen-bond acceptors (Lipinski definition) is 6. The molecule has 3 rings (SSSR count). The Morgan fingerprint density at radius 2 is 2.04 bits per heavy atom. The molecule has 1 aliphatic rings. The Hall–Kier alpha value is -2.71. The molecule has 1 aliphatic heterocycles. The Morgan fingerprint density at radius 3 is 2.70 bits per heavy atom. The molecule has 2 N–H and O–H groups in total. The molecule has 1 amide bonds. The number of esters is 1. The van der Waals surface area contributed by atoms with Crippen LogP contribution in [0.25, 0.3) is 0 Å². The Bertz CT molecular complexity index is 834. The van der Waals surface area contributed by atoms with Gasteiger partial charge in [-0.15, -0.1) is 0 Å². The molecule has 0 saturated carbocycles. The molecule has 0 bridgehead atoms.